The van der Waals surface area contributed by atoms with E-state index in [9.17, 15) is 4.79 Å². The highest BCUT2D eigenvalue weighted by molar-refractivity contribution is 5.84. The van der Waals surface area contributed by atoms with Crippen LogP contribution in [0.25, 0.3) is 0 Å². The fourth-order valence-electron chi connectivity index (χ4n) is 1.90. The van der Waals surface area contributed by atoms with Gasteiger partial charge in [0.25, 0.3) is 0 Å². The maximum Gasteiger partial charge on any atom is 0.358 e. The second kappa shape index (κ2) is 3.98. The zero-order chi connectivity index (χ0) is 10.8. The monoisotopic (exact) mass is 210 g/mol. The maximum absolute atomic E-state index is 10.6. The largest absolute Gasteiger partial charge is 0.476 e. The van der Waals surface area contributed by atoms with Crippen LogP contribution in [0.4, 0.5) is 0 Å². The lowest BCUT2D eigenvalue weighted by Crippen LogP contribution is -2.36. The van der Waals surface area contributed by atoms with Gasteiger partial charge in [-0.1, -0.05) is 5.21 Å². The molecule has 0 radical (unpaired) electrons. The van der Waals surface area contributed by atoms with Gasteiger partial charge in [0.05, 0.1) is 12.2 Å². The third kappa shape index (κ3) is 2.15. The van der Waals surface area contributed by atoms with Crippen molar-refractivity contribution in [2.24, 2.45) is 0 Å². The molecular weight excluding hydrogens is 196 g/mol. The molecule has 1 aromatic heterocycles. The van der Waals surface area contributed by atoms with Gasteiger partial charge in [-0.05, 0) is 26.3 Å². The Morgan fingerprint density at radius 3 is 3.13 bits per heavy atom. The fourth-order valence-corrected chi connectivity index (χ4v) is 1.90. The quantitative estimate of drug-likeness (QED) is 0.733. The lowest BCUT2D eigenvalue weighted by molar-refractivity contribution is 0.0690. The Bertz CT molecular complexity index is 363. The summed E-state index contributed by atoms with van der Waals surface area (Å²) in [5.41, 5.74) is 0.0150. The van der Waals surface area contributed by atoms with Crippen molar-refractivity contribution in [2.75, 3.05) is 6.54 Å². The molecule has 82 valence electrons. The van der Waals surface area contributed by atoms with Crippen LogP contribution in [0.2, 0.25) is 0 Å². The molecule has 6 heteroatoms. The summed E-state index contributed by atoms with van der Waals surface area (Å²) in [6, 6.07) is 0.711. The van der Waals surface area contributed by atoms with Gasteiger partial charge >= 0.3 is 5.97 Å². The minimum absolute atomic E-state index is 0.0150. The smallest absolute Gasteiger partial charge is 0.358 e. The number of carboxylic acid groups (broad SMARTS) is 1. The van der Waals surface area contributed by atoms with Crippen molar-refractivity contribution >= 4 is 5.97 Å². The predicted octanol–water partition coefficient (Wildman–Crippen LogP) is 0.289. The zero-order valence-electron chi connectivity index (χ0n) is 8.55. The van der Waals surface area contributed by atoms with Gasteiger partial charge in [-0.25, -0.2) is 9.48 Å². The molecule has 1 aromatic rings. The molecule has 0 bridgehead atoms. The van der Waals surface area contributed by atoms with Crippen LogP contribution < -0.4 is 5.32 Å². The van der Waals surface area contributed by atoms with E-state index >= 15 is 0 Å². The number of aromatic carboxylic acids is 1. The topological polar surface area (TPSA) is 80.0 Å². The molecule has 15 heavy (non-hydrogen) atoms. The van der Waals surface area contributed by atoms with Crippen LogP contribution in [0.5, 0.6) is 0 Å². The van der Waals surface area contributed by atoms with E-state index in [2.05, 4.69) is 22.6 Å². The van der Waals surface area contributed by atoms with Gasteiger partial charge in [-0.3, -0.25) is 0 Å². The fraction of sp³-hybridized carbons (Fsp3) is 0.667. The average Bonchev–Trinajstić information content (AvgIpc) is 2.66. The number of hydrogen-bond donors (Lipinski definition) is 2. The summed E-state index contributed by atoms with van der Waals surface area (Å²) in [5.74, 6) is -1.02. The molecule has 2 atom stereocenters. The van der Waals surface area contributed by atoms with Crippen molar-refractivity contribution in [3.63, 3.8) is 0 Å². The van der Waals surface area contributed by atoms with Crippen molar-refractivity contribution in [1.29, 1.82) is 0 Å². The van der Waals surface area contributed by atoms with Crippen LogP contribution in [0.3, 0.4) is 0 Å². The van der Waals surface area contributed by atoms with Crippen LogP contribution in [-0.2, 0) is 0 Å². The van der Waals surface area contributed by atoms with Crippen molar-refractivity contribution < 1.29 is 9.90 Å². The second-order valence-electron chi connectivity index (χ2n) is 3.92. The number of carboxylic acids is 1. The van der Waals surface area contributed by atoms with E-state index in [-0.39, 0.29) is 11.7 Å². The number of piperidine rings is 1. The lowest BCUT2D eigenvalue weighted by atomic mass is 10.0. The summed E-state index contributed by atoms with van der Waals surface area (Å²) in [5, 5.41) is 19.5. The number of nitrogens with one attached hydrogen (secondary N) is 1. The minimum Gasteiger partial charge on any atom is -0.476 e. The predicted molar refractivity (Wildman–Crippen MR) is 52.7 cm³/mol. The van der Waals surface area contributed by atoms with Gasteiger partial charge < -0.3 is 10.4 Å². The second-order valence-corrected chi connectivity index (χ2v) is 3.92. The summed E-state index contributed by atoms with van der Waals surface area (Å²) in [6.07, 6.45) is 3.43. The van der Waals surface area contributed by atoms with Gasteiger partial charge in [0.15, 0.2) is 5.69 Å². The van der Waals surface area contributed by atoms with Gasteiger partial charge in [0, 0.05) is 6.04 Å². The van der Waals surface area contributed by atoms with Gasteiger partial charge in [-0.15, -0.1) is 5.10 Å². The number of carbonyl (C=O) groups is 1. The number of hydrogen-bond acceptors (Lipinski definition) is 4. The minimum atomic E-state index is -1.02. The zero-order valence-corrected chi connectivity index (χ0v) is 8.55. The standard InChI is InChI=1S/C9H14N4O2/c1-6-4-7(2-3-10-6)13-5-8(9(14)15)11-12-13/h5-7,10H,2-4H2,1H3,(H,14,15)/t6-,7-/m1/s1. The summed E-state index contributed by atoms with van der Waals surface area (Å²) < 4.78 is 1.67. The molecule has 0 aliphatic carbocycles. The highest BCUT2D eigenvalue weighted by Gasteiger charge is 2.21. The first-order valence-electron chi connectivity index (χ1n) is 5.05. The molecule has 2 rings (SSSR count). The van der Waals surface area contributed by atoms with E-state index in [1.807, 2.05) is 0 Å². The van der Waals surface area contributed by atoms with Crippen molar-refractivity contribution in [3.8, 4) is 0 Å². The van der Waals surface area contributed by atoms with E-state index in [4.69, 9.17) is 5.11 Å². The van der Waals surface area contributed by atoms with Crippen LogP contribution >= 0.6 is 0 Å². The molecule has 2 heterocycles. The molecule has 0 unspecified atom stereocenters. The van der Waals surface area contributed by atoms with Crippen molar-refractivity contribution in [2.45, 2.75) is 31.8 Å². The first-order chi connectivity index (χ1) is 7.16. The summed E-state index contributed by atoms with van der Waals surface area (Å²) in [6.45, 7) is 3.05. The van der Waals surface area contributed by atoms with Crippen LogP contribution in [0.1, 0.15) is 36.3 Å². The molecule has 0 aromatic carbocycles. The molecule has 1 aliphatic heterocycles. The van der Waals surface area contributed by atoms with Crippen molar-refractivity contribution in [3.05, 3.63) is 11.9 Å². The van der Waals surface area contributed by atoms with E-state index in [0.717, 1.165) is 19.4 Å². The molecule has 1 aliphatic rings. The maximum atomic E-state index is 10.6. The third-order valence-corrected chi connectivity index (χ3v) is 2.70. The Labute approximate surface area is 87.3 Å². The Kier molecular flexibility index (Phi) is 2.68. The van der Waals surface area contributed by atoms with Gasteiger partial charge in [-0.2, -0.15) is 0 Å². The van der Waals surface area contributed by atoms with E-state index in [0.29, 0.717) is 6.04 Å². The summed E-state index contributed by atoms with van der Waals surface area (Å²) in [7, 11) is 0. The molecule has 0 saturated carbocycles. The van der Waals surface area contributed by atoms with Gasteiger partial charge in [0.2, 0.25) is 0 Å². The third-order valence-electron chi connectivity index (χ3n) is 2.70. The highest BCUT2D eigenvalue weighted by atomic mass is 16.4. The Morgan fingerprint density at radius 1 is 1.73 bits per heavy atom. The first-order valence-corrected chi connectivity index (χ1v) is 5.05. The van der Waals surface area contributed by atoms with E-state index < -0.39 is 5.97 Å². The van der Waals surface area contributed by atoms with Crippen LogP contribution in [0.15, 0.2) is 6.20 Å². The Balaban J connectivity index is 2.11. The molecule has 1 saturated heterocycles. The summed E-state index contributed by atoms with van der Waals surface area (Å²) >= 11 is 0. The first kappa shape index (κ1) is 10.1. The molecule has 0 spiro atoms. The molecule has 6 nitrogen and oxygen atoms in total. The molecule has 0 amide bonds. The van der Waals surface area contributed by atoms with Crippen LogP contribution in [-0.4, -0.2) is 38.7 Å². The lowest BCUT2D eigenvalue weighted by Gasteiger charge is -2.27. The summed E-state index contributed by atoms with van der Waals surface area (Å²) in [4.78, 5) is 10.6. The SMILES string of the molecule is C[C@@H]1C[C@H](n2cc(C(=O)O)nn2)CCN1. The van der Waals surface area contributed by atoms with E-state index in [1.165, 1.54) is 6.20 Å². The van der Waals surface area contributed by atoms with E-state index in [1.54, 1.807) is 4.68 Å². The molecule has 2 N–H and O–H groups in total. The highest BCUT2D eigenvalue weighted by Crippen LogP contribution is 2.20. The number of nitrogens with zero attached hydrogens (tertiary/aromatic N) is 3. The normalized spacial score (nSPS) is 26.5. The Hall–Kier alpha value is -1.43. The molecular formula is C9H14N4O2. The average molecular weight is 210 g/mol. The van der Waals surface area contributed by atoms with Gasteiger partial charge in [0.1, 0.15) is 0 Å². The number of aromatic nitrogens is 3. The van der Waals surface area contributed by atoms with Crippen LogP contribution in [0, 0.1) is 0 Å². The van der Waals surface area contributed by atoms with Crippen molar-refractivity contribution in [1.82, 2.24) is 20.3 Å². The number of rotatable bonds is 2. The Morgan fingerprint density at radius 2 is 2.53 bits per heavy atom. The molecule has 1 fully saturated rings.